The van der Waals surface area contributed by atoms with E-state index in [1.807, 2.05) is 61.5 Å². The number of fused-ring (bicyclic) bond motifs is 1. The Hall–Kier alpha value is -2.76. The average molecular weight is 452 g/mol. The number of halogens is 1. The largest absolute Gasteiger partial charge is 0.481 e. The minimum atomic E-state index is -0.941. The quantitative estimate of drug-likeness (QED) is 0.455. The van der Waals surface area contributed by atoms with Gasteiger partial charge in [-0.2, -0.15) is 0 Å². The third kappa shape index (κ3) is 5.12. The number of carboxylic acids is 1. The van der Waals surface area contributed by atoms with Gasteiger partial charge in [-0.25, -0.2) is 4.98 Å². The second kappa shape index (κ2) is 9.16. The van der Waals surface area contributed by atoms with Gasteiger partial charge in [0.2, 0.25) is 0 Å². The lowest BCUT2D eigenvalue weighted by Gasteiger charge is -2.12. The van der Waals surface area contributed by atoms with Crippen molar-refractivity contribution in [3.63, 3.8) is 0 Å². The number of hydrogen-bond donors (Lipinski definition) is 1. The van der Waals surface area contributed by atoms with Crippen molar-refractivity contribution >= 4 is 40.8 Å². The summed E-state index contributed by atoms with van der Waals surface area (Å²) < 4.78 is 0. The molecule has 0 bridgehead atoms. The minimum absolute atomic E-state index is 0.00140. The second-order valence-electron chi connectivity index (χ2n) is 7.87. The van der Waals surface area contributed by atoms with Gasteiger partial charge < -0.3 is 5.11 Å². The van der Waals surface area contributed by atoms with Gasteiger partial charge in [0.15, 0.2) is 0 Å². The minimum Gasteiger partial charge on any atom is -0.481 e. The van der Waals surface area contributed by atoms with Crippen LogP contribution in [0, 0.1) is 12.8 Å². The number of ketones is 1. The van der Waals surface area contributed by atoms with Crippen LogP contribution in [0.25, 0.3) is 16.6 Å². The molecule has 4 nitrogen and oxygen atoms in total. The van der Waals surface area contributed by atoms with Gasteiger partial charge in [-0.3, -0.25) is 9.59 Å². The Bertz CT molecular complexity index is 1170. The molecule has 1 atom stereocenters. The summed E-state index contributed by atoms with van der Waals surface area (Å²) in [6.45, 7) is 1.95. The Balaban J connectivity index is 1.41. The van der Waals surface area contributed by atoms with Crippen molar-refractivity contribution in [2.75, 3.05) is 0 Å². The number of Topliss-reactive ketones (excluding diaryl/α,β-unsaturated/α-hetero) is 1. The van der Waals surface area contributed by atoms with Crippen LogP contribution in [-0.4, -0.2) is 21.8 Å². The van der Waals surface area contributed by atoms with E-state index in [9.17, 15) is 14.7 Å². The first-order valence-electron chi connectivity index (χ1n) is 10.1. The molecule has 1 N–H and O–H groups in total. The SMILES string of the molecule is Cc1sc(-c2ccccc2)nc1CC(=O)C[C@H](CC1=Cc2cc(Cl)ccc2C1)C(=O)O. The van der Waals surface area contributed by atoms with Gasteiger partial charge in [0.25, 0.3) is 0 Å². The number of nitrogens with zero attached hydrogens (tertiary/aromatic N) is 1. The van der Waals surface area contributed by atoms with Gasteiger partial charge in [0.1, 0.15) is 10.8 Å². The van der Waals surface area contributed by atoms with Crippen molar-refractivity contribution in [3.05, 3.63) is 80.8 Å². The lowest BCUT2D eigenvalue weighted by atomic mass is 9.92. The van der Waals surface area contributed by atoms with E-state index in [1.54, 1.807) is 11.3 Å². The van der Waals surface area contributed by atoms with Gasteiger partial charge in [0, 0.05) is 28.3 Å². The van der Waals surface area contributed by atoms with Crippen molar-refractivity contribution in [2.45, 2.75) is 32.6 Å². The number of benzene rings is 2. The predicted molar refractivity (Wildman–Crippen MR) is 124 cm³/mol. The number of carbonyl (C=O) groups is 2. The van der Waals surface area contributed by atoms with E-state index < -0.39 is 11.9 Å². The molecule has 0 aliphatic heterocycles. The topological polar surface area (TPSA) is 67.3 Å². The summed E-state index contributed by atoms with van der Waals surface area (Å²) in [5.74, 6) is -1.78. The Labute approximate surface area is 190 Å². The fourth-order valence-electron chi connectivity index (χ4n) is 3.90. The number of hydrogen-bond acceptors (Lipinski definition) is 4. The third-order valence-electron chi connectivity index (χ3n) is 5.49. The molecular weight excluding hydrogens is 430 g/mol. The standard InChI is InChI=1S/C25H22ClNO3S/c1-15-23(27-24(31-15)17-5-3-2-4-6-17)14-22(28)13-20(25(29)30)11-16-9-18-7-8-21(26)12-19(18)10-16/h2-8,10,12,20H,9,11,13-14H2,1H3,(H,29,30)/t20-/m0/s1. The molecular formula is C25H22ClNO3S. The Morgan fingerprint density at radius 2 is 1.97 bits per heavy atom. The normalized spacial score (nSPS) is 13.5. The number of rotatable bonds is 8. The number of aliphatic carboxylic acids is 1. The summed E-state index contributed by atoms with van der Waals surface area (Å²) in [5, 5.41) is 11.2. The number of carbonyl (C=O) groups excluding carboxylic acids is 1. The lowest BCUT2D eigenvalue weighted by Crippen LogP contribution is -2.20. The molecule has 3 aromatic rings. The zero-order chi connectivity index (χ0) is 22.0. The van der Waals surface area contributed by atoms with E-state index in [2.05, 4.69) is 4.98 Å². The molecule has 1 aliphatic carbocycles. The van der Waals surface area contributed by atoms with Crippen LogP contribution in [0.5, 0.6) is 0 Å². The Morgan fingerprint density at radius 3 is 2.71 bits per heavy atom. The van der Waals surface area contributed by atoms with Gasteiger partial charge in [-0.05, 0) is 43.0 Å². The molecule has 1 aliphatic rings. The summed E-state index contributed by atoms with van der Waals surface area (Å²) in [5.41, 5.74) is 4.95. The Kier molecular flexibility index (Phi) is 6.35. The molecule has 0 saturated heterocycles. The van der Waals surface area contributed by atoms with Crippen molar-refractivity contribution in [2.24, 2.45) is 5.92 Å². The van der Waals surface area contributed by atoms with E-state index in [0.29, 0.717) is 17.9 Å². The van der Waals surface area contributed by atoms with Gasteiger partial charge >= 0.3 is 5.97 Å². The highest BCUT2D eigenvalue weighted by Gasteiger charge is 2.25. The van der Waals surface area contributed by atoms with Gasteiger partial charge in [0.05, 0.1) is 11.6 Å². The molecule has 1 aromatic heterocycles. The molecule has 0 fully saturated rings. The van der Waals surface area contributed by atoms with Crippen LogP contribution in [0.15, 0.2) is 54.1 Å². The molecule has 2 aromatic carbocycles. The number of aromatic nitrogens is 1. The molecule has 0 unspecified atom stereocenters. The monoisotopic (exact) mass is 451 g/mol. The lowest BCUT2D eigenvalue weighted by molar-refractivity contribution is -0.143. The molecule has 4 rings (SSSR count). The molecule has 6 heteroatoms. The van der Waals surface area contributed by atoms with Crippen molar-refractivity contribution < 1.29 is 14.7 Å². The Morgan fingerprint density at radius 1 is 1.19 bits per heavy atom. The maximum absolute atomic E-state index is 12.7. The first-order chi connectivity index (χ1) is 14.9. The van der Waals surface area contributed by atoms with E-state index >= 15 is 0 Å². The van der Waals surface area contributed by atoms with E-state index in [0.717, 1.165) is 37.8 Å². The zero-order valence-electron chi connectivity index (χ0n) is 17.1. The van der Waals surface area contributed by atoms with E-state index in [-0.39, 0.29) is 18.6 Å². The first-order valence-corrected chi connectivity index (χ1v) is 11.3. The van der Waals surface area contributed by atoms with Crippen LogP contribution in [-0.2, 0) is 22.4 Å². The third-order valence-corrected chi connectivity index (χ3v) is 6.79. The van der Waals surface area contributed by atoms with Crippen LogP contribution < -0.4 is 0 Å². The maximum atomic E-state index is 12.7. The molecule has 0 radical (unpaired) electrons. The average Bonchev–Trinajstić information content (AvgIpc) is 3.30. The molecule has 1 heterocycles. The van der Waals surface area contributed by atoms with Crippen molar-refractivity contribution in [1.29, 1.82) is 0 Å². The summed E-state index contributed by atoms with van der Waals surface area (Å²) in [6.07, 6.45) is 3.22. The highest BCUT2D eigenvalue weighted by molar-refractivity contribution is 7.15. The summed E-state index contributed by atoms with van der Waals surface area (Å²) in [6, 6.07) is 15.5. The number of carboxylic acid groups (broad SMARTS) is 1. The van der Waals surface area contributed by atoms with Crippen LogP contribution in [0.3, 0.4) is 0 Å². The van der Waals surface area contributed by atoms with Crippen LogP contribution in [0.2, 0.25) is 5.02 Å². The van der Waals surface area contributed by atoms with Crippen molar-refractivity contribution in [1.82, 2.24) is 4.98 Å². The van der Waals surface area contributed by atoms with E-state index in [1.165, 1.54) is 0 Å². The number of allylic oxidation sites excluding steroid dienone is 1. The summed E-state index contributed by atoms with van der Waals surface area (Å²) >= 11 is 7.61. The van der Waals surface area contributed by atoms with E-state index in [4.69, 9.17) is 11.6 Å². The highest BCUT2D eigenvalue weighted by Crippen LogP contribution is 2.32. The van der Waals surface area contributed by atoms with Crippen LogP contribution >= 0.6 is 22.9 Å². The molecule has 0 amide bonds. The zero-order valence-corrected chi connectivity index (χ0v) is 18.7. The fraction of sp³-hybridized carbons (Fsp3) is 0.240. The van der Waals surface area contributed by atoms with Crippen molar-refractivity contribution in [3.8, 4) is 10.6 Å². The predicted octanol–water partition coefficient (Wildman–Crippen LogP) is 6.00. The maximum Gasteiger partial charge on any atom is 0.307 e. The fourth-order valence-corrected chi connectivity index (χ4v) is 5.02. The number of thiazole rings is 1. The highest BCUT2D eigenvalue weighted by atomic mass is 35.5. The molecule has 31 heavy (non-hydrogen) atoms. The molecule has 0 spiro atoms. The first kappa shape index (κ1) is 21.5. The molecule has 0 saturated carbocycles. The summed E-state index contributed by atoms with van der Waals surface area (Å²) in [7, 11) is 0. The van der Waals surface area contributed by atoms with Crippen LogP contribution in [0.1, 0.15) is 34.5 Å². The molecule has 158 valence electrons. The summed E-state index contributed by atoms with van der Waals surface area (Å²) in [4.78, 5) is 30.2. The van der Waals surface area contributed by atoms with Crippen LogP contribution in [0.4, 0.5) is 0 Å². The van der Waals surface area contributed by atoms with Gasteiger partial charge in [-0.1, -0.05) is 59.6 Å². The smallest absolute Gasteiger partial charge is 0.307 e. The second-order valence-corrected chi connectivity index (χ2v) is 9.51. The van der Waals surface area contributed by atoms with Gasteiger partial charge in [-0.15, -0.1) is 11.3 Å². The number of aryl methyl sites for hydroxylation is 1.